The first kappa shape index (κ1) is 23.2. The molecule has 0 bridgehead atoms. The lowest BCUT2D eigenvalue weighted by atomic mass is 9.72. The van der Waals surface area contributed by atoms with Crippen molar-refractivity contribution in [3.8, 4) is 0 Å². The molecule has 0 aromatic heterocycles. The molecule has 0 amide bonds. The fraction of sp³-hybridized carbons (Fsp3) is 0.385. The fourth-order valence-electron chi connectivity index (χ4n) is 3.67. The number of benzene rings is 1. The Balaban J connectivity index is 2.00. The van der Waals surface area contributed by atoms with Crippen LogP contribution in [0, 0.1) is 5.41 Å². The molecule has 0 N–H and O–H groups in total. The van der Waals surface area contributed by atoms with Gasteiger partial charge in [-0.2, -0.15) is 0 Å². The summed E-state index contributed by atoms with van der Waals surface area (Å²) >= 11 is 0. The minimum atomic E-state index is -3.28. The molecule has 1 aliphatic carbocycles. The minimum absolute atomic E-state index is 0.0122. The van der Waals surface area contributed by atoms with Crippen molar-refractivity contribution in [2.24, 2.45) is 5.41 Å². The van der Waals surface area contributed by atoms with Crippen LogP contribution in [0.1, 0.15) is 53.9 Å². The van der Waals surface area contributed by atoms with Gasteiger partial charge in [0, 0.05) is 0 Å². The average molecular weight is 411 g/mol. The first-order chi connectivity index (χ1) is 13.6. The standard InChI is InChI=1S/C26H34O2S/c1-21(16-17-25-23(3)13-10-19-26(25,4)5)11-9-12-22(2)18-20-29(27,28)24-14-7-6-8-15-24/h6-9,11-12,14-18H,10,13,19-20H2,1-5H3/b12-9+,17-16+,21-11+,22-18+. The Kier molecular flexibility index (Phi) is 8.04. The lowest BCUT2D eigenvalue weighted by Gasteiger charge is -2.32. The van der Waals surface area contributed by atoms with E-state index in [-0.39, 0.29) is 11.2 Å². The molecule has 1 aromatic carbocycles. The van der Waals surface area contributed by atoms with Gasteiger partial charge in [-0.05, 0) is 63.2 Å². The summed E-state index contributed by atoms with van der Waals surface area (Å²) in [6.07, 6.45) is 15.9. The zero-order valence-electron chi connectivity index (χ0n) is 18.4. The summed E-state index contributed by atoms with van der Waals surface area (Å²) in [5.41, 5.74) is 5.32. The van der Waals surface area contributed by atoms with E-state index in [9.17, 15) is 8.42 Å². The molecule has 0 heterocycles. The van der Waals surface area contributed by atoms with Gasteiger partial charge in [0.1, 0.15) is 0 Å². The largest absolute Gasteiger partial charge is 0.223 e. The summed E-state index contributed by atoms with van der Waals surface area (Å²) in [5.74, 6) is 0.0122. The van der Waals surface area contributed by atoms with E-state index in [0.29, 0.717) is 4.90 Å². The Morgan fingerprint density at radius 3 is 2.41 bits per heavy atom. The second-order valence-corrected chi connectivity index (χ2v) is 10.6. The van der Waals surface area contributed by atoms with Crippen LogP contribution in [0.3, 0.4) is 0 Å². The molecule has 0 aliphatic heterocycles. The fourth-order valence-corrected chi connectivity index (χ4v) is 4.91. The van der Waals surface area contributed by atoms with E-state index in [0.717, 1.165) is 5.57 Å². The number of hydrogen-bond donors (Lipinski definition) is 0. The summed E-state index contributed by atoms with van der Waals surface area (Å²) in [4.78, 5) is 0.365. The minimum Gasteiger partial charge on any atom is -0.223 e. The number of allylic oxidation sites excluding steroid dienone is 9. The van der Waals surface area contributed by atoms with Gasteiger partial charge in [0.15, 0.2) is 9.84 Å². The molecule has 1 aromatic rings. The molecule has 0 atom stereocenters. The highest BCUT2D eigenvalue weighted by molar-refractivity contribution is 7.91. The first-order valence-corrected chi connectivity index (χ1v) is 11.9. The molecule has 0 saturated heterocycles. The van der Waals surface area contributed by atoms with Crippen LogP contribution in [-0.2, 0) is 9.84 Å². The molecule has 156 valence electrons. The van der Waals surface area contributed by atoms with Gasteiger partial charge in [-0.15, -0.1) is 0 Å². The maximum atomic E-state index is 12.3. The van der Waals surface area contributed by atoms with Gasteiger partial charge >= 0.3 is 0 Å². The van der Waals surface area contributed by atoms with E-state index >= 15 is 0 Å². The SMILES string of the molecule is CC1=C(/C=C/C(C)=C/C=C/C(C)=C/CS(=O)(=O)c2ccccc2)C(C)(C)CCC1. The van der Waals surface area contributed by atoms with Crippen molar-refractivity contribution in [1.82, 2.24) is 0 Å². The quantitative estimate of drug-likeness (QED) is 0.454. The van der Waals surface area contributed by atoms with Crippen LogP contribution in [0.2, 0.25) is 0 Å². The Bertz CT molecular complexity index is 953. The van der Waals surface area contributed by atoms with Crippen LogP contribution < -0.4 is 0 Å². The molecule has 0 fully saturated rings. The lowest BCUT2D eigenvalue weighted by Crippen LogP contribution is -2.19. The molecule has 1 aliphatic rings. The average Bonchev–Trinajstić information content (AvgIpc) is 2.66. The molecule has 0 unspecified atom stereocenters. The maximum Gasteiger partial charge on any atom is 0.181 e. The van der Waals surface area contributed by atoms with Gasteiger partial charge in [0.05, 0.1) is 10.6 Å². The van der Waals surface area contributed by atoms with E-state index in [1.807, 2.05) is 25.1 Å². The normalized spacial score (nSPS) is 18.8. The third-order valence-corrected chi connectivity index (χ3v) is 7.10. The van der Waals surface area contributed by atoms with Crippen molar-refractivity contribution in [2.75, 3.05) is 5.75 Å². The van der Waals surface area contributed by atoms with Crippen molar-refractivity contribution in [2.45, 2.75) is 58.8 Å². The van der Waals surface area contributed by atoms with Gasteiger partial charge < -0.3 is 0 Å². The third kappa shape index (κ3) is 7.01. The second kappa shape index (κ2) is 10.1. The highest BCUT2D eigenvalue weighted by atomic mass is 32.2. The zero-order valence-corrected chi connectivity index (χ0v) is 19.2. The van der Waals surface area contributed by atoms with E-state index in [1.54, 1.807) is 30.3 Å². The number of hydrogen-bond acceptors (Lipinski definition) is 2. The highest BCUT2D eigenvalue weighted by Crippen LogP contribution is 2.40. The van der Waals surface area contributed by atoms with Crippen LogP contribution in [0.25, 0.3) is 0 Å². The van der Waals surface area contributed by atoms with Crippen molar-refractivity contribution in [3.63, 3.8) is 0 Å². The third-order valence-electron chi connectivity index (χ3n) is 5.50. The van der Waals surface area contributed by atoms with Crippen LogP contribution in [0.5, 0.6) is 0 Å². The summed E-state index contributed by atoms with van der Waals surface area (Å²) in [7, 11) is -3.28. The second-order valence-electron chi connectivity index (χ2n) is 8.58. The van der Waals surface area contributed by atoms with Crippen molar-refractivity contribution >= 4 is 9.84 Å². The lowest BCUT2D eigenvalue weighted by molar-refractivity contribution is 0.377. The van der Waals surface area contributed by atoms with Crippen molar-refractivity contribution in [3.05, 3.63) is 89.1 Å². The van der Waals surface area contributed by atoms with E-state index in [1.165, 1.54) is 36.0 Å². The highest BCUT2D eigenvalue weighted by Gasteiger charge is 2.26. The van der Waals surface area contributed by atoms with E-state index in [4.69, 9.17) is 0 Å². The number of sulfone groups is 1. The number of rotatable bonds is 7. The predicted molar refractivity (Wildman–Crippen MR) is 125 cm³/mol. The summed E-state index contributed by atoms with van der Waals surface area (Å²) in [6, 6.07) is 8.58. The van der Waals surface area contributed by atoms with Crippen LogP contribution >= 0.6 is 0 Å². The van der Waals surface area contributed by atoms with Crippen molar-refractivity contribution < 1.29 is 8.42 Å². The molecule has 29 heavy (non-hydrogen) atoms. The van der Waals surface area contributed by atoms with E-state index in [2.05, 4.69) is 45.9 Å². The van der Waals surface area contributed by atoms with Crippen LogP contribution in [0.4, 0.5) is 0 Å². The maximum absolute atomic E-state index is 12.3. The molecular weight excluding hydrogens is 376 g/mol. The monoisotopic (exact) mass is 410 g/mol. The Morgan fingerprint density at radius 1 is 1.07 bits per heavy atom. The summed E-state index contributed by atoms with van der Waals surface area (Å²) < 4.78 is 24.7. The molecule has 0 radical (unpaired) electrons. The Labute approximate surface area is 177 Å². The summed E-state index contributed by atoms with van der Waals surface area (Å²) in [6.45, 7) is 10.9. The van der Waals surface area contributed by atoms with Gasteiger partial charge in [-0.3, -0.25) is 0 Å². The van der Waals surface area contributed by atoms with Gasteiger partial charge in [0.2, 0.25) is 0 Å². The Hall–Kier alpha value is -2.13. The van der Waals surface area contributed by atoms with Gasteiger partial charge in [-0.1, -0.05) is 85.2 Å². The van der Waals surface area contributed by atoms with Crippen LogP contribution in [-0.4, -0.2) is 14.2 Å². The topological polar surface area (TPSA) is 34.1 Å². The zero-order chi connectivity index (χ0) is 21.5. The molecule has 3 heteroatoms. The molecule has 2 rings (SSSR count). The van der Waals surface area contributed by atoms with Crippen LogP contribution in [0.15, 0.2) is 94.0 Å². The molecule has 2 nitrogen and oxygen atoms in total. The van der Waals surface area contributed by atoms with Gasteiger partial charge in [-0.25, -0.2) is 8.42 Å². The first-order valence-electron chi connectivity index (χ1n) is 10.3. The Morgan fingerprint density at radius 2 is 1.76 bits per heavy atom. The smallest absolute Gasteiger partial charge is 0.181 e. The van der Waals surface area contributed by atoms with Crippen molar-refractivity contribution in [1.29, 1.82) is 0 Å². The summed E-state index contributed by atoms with van der Waals surface area (Å²) in [5, 5.41) is 0. The molecular formula is C26H34O2S. The van der Waals surface area contributed by atoms with Gasteiger partial charge in [0.25, 0.3) is 0 Å². The molecule has 0 saturated carbocycles. The van der Waals surface area contributed by atoms with E-state index < -0.39 is 9.84 Å². The predicted octanol–water partition coefficient (Wildman–Crippen LogP) is 6.99. The molecule has 0 spiro atoms.